The summed E-state index contributed by atoms with van der Waals surface area (Å²) in [7, 11) is 0. The molecule has 0 bridgehead atoms. The highest BCUT2D eigenvalue weighted by Gasteiger charge is 2.35. The van der Waals surface area contributed by atoms with Gasteiger partial charge in [0.25, 0.3) is 0 Å². The molecule has 108 valence electrons. The van der Waals surface area contributed by atoms with Gasteiger partial charge in [-0.2, -0.15) is 0 Å². The predicted molar refractivity (Wildman–Crippen MR) is 78.2 cm³/mol. The minimum Gasteiger partial charge on any atom is -0.481 e. The van der Waals surface area contributed by atoms with Crippen molar-refractivity contribution in [2.75, 3.05) is 5.32 Å². The number of carboxylic acids is 1. The molecule has 1 aromatic carbocycles. The van der Waals surface area contributed by atoms with E-state index in [4.69, 9.17) is 23.2 Å². The van der Waals surface area contributed by atoms with Gasteiger partial charge in [-0.1, -0.05) is 36.0 Å². The van der Waals surface area contributed by atoms with Crippen molar-refractivity contribution in [2.45, 2.75) is 25.7 Å². The molecule has 2 rings (SSSR count). The number of carboxylic acid groups (broad SMARTS) is 1. The van der Waals surface area contributed by atoms with Crippen LogP contribution in [0.1, 0.15) is 25.7 Å². The molecule has 0 heterocycles. The van der Waals surface area contributed by atoms with Crippen LogP contribution in [0.4, 0.5) is 5.69 Å². The van der Waals surface area contributed by atoms with E-state index < -0.39 is 17.8 Å². The molecule has 0 aromatic heterocycles. The van der Waals surface area contributed by atoms with Crippen LogP contribution in [0.3, 0.4) is 0 Å². The quantitative estimate of drug-likeness (QED) is 0.891. The fourth-order valence-electron chi connectivity index (χ4n) is 2.60. The van der Waals surface area contributed by atoms with E-state index in [2.05, 4.69) is 5.32 Å². The number of rotatable bonds is 3. The summed E-state index contributed by atoms with van der Waals surface area (Å²) in [5, 5.41) is 12.7. The maximum Gasteiger partial charge on any atom is 0.307 e. The standard InChI is InChI=1S/C14H15Cl2NO3/c15-8-5-9(16)7-10(6-8)17-13(18)11-3-1-2-4-12(11)14(19)20/h5-7,11-12H,1-4H2,(H,17,18)(H,19,20)/t11-,12-/m0/s1. The number of amides is 1. The molecule has 0 aliphatic heterocycles. The van der Waals surface area contributed by atoms with Gasteiger partial charge in [-0.15, -0.1) is 0 Å². The van der Waals surface area contributed by atoms with E-state index in [0.29, 0.717) is 28.6 Å². The highest BCUT2D eigenvalue weighted by Crippen LogP contribution is 2.32. The van der Waals surface area contributed by atoms with Crippen LogP contribution < -0.4 is 5.32 Å². The van der Waals surface area contributed by atoms with Crippen LogP contribution in [0.15, 0.2) is 18.2 Å². The summed E-state index contributed by atoms with van der Waals surface area (Å²) in [6.07, 6.45) is 2.86. The zero-order chi connectivity index (χ0) is 14.7. The normalized spacial score (nSPS) is 22.3. The molecule has 0 saturated heterocycles. The number of hydrogen-bond acceptors (Lipinski definition) is 2. The van der Waals surface area contributed by atoms with Crippen LogP contribution in [-0.4, -0.2) is 17.0 Å². The first-order chi connectivity index (χ1) is 9.47. The number of carbonyl (C=O) groups is 2. The Hall–Kier alpha value is -1.26. The minimum absolute atomic E-state index is 0.282. The topological polar surface area (TPSA) is 66.4 Å². The van der Waals surface area contributed by atoms with Crippen LogP contribution in [0.5, 0.6) is 0 Å². The van der Waals surface area contributed by atoms with Crippen LogP contribution in [-0.2, 0) is 9.59 Å². The third-order valence-electron chi connectivity index (χ3n) is 3.55. The Balaban J connectivity index is 2.11. The smallest absolute Gasteiger partial charge is 0.307 e. The number of benzene rings is 1. The Labute approximate surface area is 127 Å². The van der Waals surface area contributed by atoms with E-state index in [1.54, 1.807) is 18.2 Å². The Morgan fingerprint density at radius 3 is 2.15 bits per heavy atom. The van der Waals surface area contributed by atoms with Gasteiger partial charge in [0.2, 0.25) is 5.91 Å². The molecular formula is C14H15Cl2NO3. The van der Waals surface area contributed by atoms with Gasteiger partial charge >= 0.3 is 5.97 Å². The van der Waals surface area contributed by atoms with Gasteiger partial charge in [0.05, 0.1) is 11.8 Å². The van der Waals surface area contributed by atoms with Crippen molar-refractivity contribution >= 4 is 40.8 Å². The molecule has 1 aliphatic carbocycles. The van der Waals surface area contributed by atoms with Gasteiger partial charge in [0.1, 0.15) is 0 Å². The second-order valence-electron chi connectivity index (χ2n) is 4.98. The maximum absolute atomic E-state index is 12.2. The summed E-state index contributed by atoms with van der Waals surface area (Å²) in [5.74, 6) is -2.30. The monoisotopic (exact) mass is 315 g/mol. The lowest BCUT2D eigenvalue weighted by Gasteiger charge is -2.27. The van der Waals surface area contributed by atoms with E-state index in [-0.39, 0.29) is 5.91 Å². The van der Waals surface area contributed by atoms with Crippen molar-refractivity contribution in [1.29, 1.82) is 0 Å². The molecule has 4 nitrogen and oxygen atoms in total. The van der Waals surface area contributed by atoms with Crippen LogP contribution in [0, 0.1) is 11.8 Å². The second kappa shape index (κ2) is 6.46. The van der Waals surface area contributed by atoms with Crippen molar-refractivity contribution in [3.63, 3.8) is 0 Å². The molecule has 1 aliphatic rings. The number of anilines is 1. The van der Waals surface area contributed by atoms with Crippen molar-refractivity contribution in [3.05, 3.63) is 28.2 Å². The van der Waals surface area contributed by atoms with Gasteiger partial charge in [-0.05, 0) is 31.0 Å². The lowest BCUT2D eigenvalue weighted by atomic mass is 9.78. The van der Waals surface area contributed by atoms with Gasteiger partial charge in [0.15, 0.2) is 0 Å². The lowest BCUT2D eigenvalue weighted by molar-refractivity contribution is -0.147. The molecule has 2 atom stereocenters. The van der Waals surface area contributed by atoms with E-state index >= 15 is 0 Å². The van der Waals surface area contributed by atoms with Gasteiger partial charge in [-0.3, -0.25) is 9.59 Å². The third kappa shape index (κ3) is 3.64. The fourth-order valence-corrected chi connectivity index (χ4v) is 3.13. The SMILES string of the molecule is O=C(O)[C@H]1CCCC[C@@H]1C(=O)Nc1cc(Cl)cc(Cl)c1. The van der Waals surface area contributed by atoms with E-state index in [0.717, 1.165) is 12.8 Å². The molecule has 1 aromatic rings. The first-order valence-electron chi connectivity index (χ1n) is 6.47. The summed E-state index contributed by atoms with van der Waals surface area (Å²) < 4.78 is 0. The average Bonchev–Trinajstić information content (AvgIpc) is 2.37. The summed E-state index contributed by atoms with van der Waals surface area (Å²) in [4.78, 5) is 23.5. The van der Waals surface area contributed by atoms with E-state index in [1.165, 1.54) is 0 Å². The number of nitrogens with one attached hydrogen (secondary N) is 1. The Morgan fingerprint density at radius 2 is 1.60 bits per heavy atom. The molecule has 0 spiro atoms. The highest BCUT2D eigenvalue weighted by atomic mass is 35.5. The van der Waals surface area contributed by atoms with Crippen LogP contribution in [0.25, 0.3) is 0 Å². The van der Waals surface area contributed by atoms with Crippen molar-refractivity contribution < 1.29 is 14.7 Å². The summed E-state index contributed by atoms with van der Waals surface area (Å²) in [5.41, 5.74) is 0.488. The Morgan fingerprint density at radius 1 is 1.05 bits per heavy atom. The van der Waals surface area contributed by atoms with Crippen molar-refractivity contribution in [1.82, 2.24) is 0 Å². The average molecular weight is 316 g/mol. The lowest BCUT2D eigenvalue weighted by Crippen LogP contribution is -2.36. The molecule has 0 unspecified atom stereocenters. The first-order valence-corrected chi connectivity index (χ1v) is 7.22. The molecule has 20 heavy (non-hydrogen) atoms. The maximum atomic E-state index is 12.2. The zero-order valence-electron chi connectivity index (χ0n) is 10.7. The summed E-state index contributed by atoms with van der Waals surface area (Å²) in [6, 6.07) is 4.74. The molecule has 6 heteroatoms. The van der Waals surface area contributed by atoms with Gasteiger partial charge < -0.3 is 10.4 Å². The minimum atomic E-state index is -0.908. The second-order valence-corrected chi connectivity index (χ2v) is 5.86. The summed E-state index contributed by atoms with van der Waals surface area (Å²) >= 11 is 11.7. The number of halogens is 2. The third-order valence-corrected chi connectivity index (χ3v) is 3.99. The molecule has 1 saturated carbocycles. The van der Waals surface area contributed by atoms with Crippen LogP contribution >= 0.6 is 23.2 Å². The van der Waals surface area contributed by atoms with Crippen LogP contribution in [0.2, 0.25) is 10.0 Å². The van der Waals surface area contributed by atoms with Crippen molar-refractivity contribution in [2.24, 2.45) is 11.8 Å². The number of carbonyl (C=O) groups excluding carboxylic acids is 1. The fraction of sp³-hybridized carbons (Fsp3) is 0.429. The van der Waals surface area contributed by atoms with Gasteiger partial charge in [-0.25, -0.2) is 0 Å². The highest BCUT2D eigenvalue weighted by molar-refractivity contribution is 6.35. The number of aliphatic carboxylic acids is 1. The largest absolute Gasteiger partial charge is 0.481 e. The van der Waals surface area contributed by atoms with E-state index in [1.807, 2.05) is 0 Å². The zero-order valence-corrected chi connectivity index (χ0v) is 12.2. The first kappa shape index (κ1) is 15.1. The molecular weight excluding hydrogens is 301 g/mol. The van der Waals surface area contributed by atoms with Gasteiger partial charge in [0, 0.05) is 15.7 Å². The number of hydrogen-bond donors (Lipinski definition) is 2. The summed E-state index contributed by atoms with van der Waals surface area (Å²) in [6.45, 7) is 0. The Bertz CT molecular complexity index is 513. The Kier molecular flexibility index (Phi) is 4.89. The molecule has 1 amide bonds. The molecule has 1 fully saturated rings. The molecule has 2 N–H and O–H groups in total. The van der Waals surface area contributed by atoms with Crippen molar-refractivity contribution in [3.8, 4) is 0 Å². The predicted octanol–water partition coefficient (Wildman–Crippen LogP) is 3.82. The molecule has 0 radical (unpaired) electrons. The van der Waals surface area contributed by atoms with E-state index in [9.17, 15) is 14.7 Å².